The topological polar surface area (TPSA) is 29.5 Å². The van der Waals surface area contributed by atoms with Crippen molar-refractivity contribution in [2.45, 2.75) is 23.8 Å². The number of ether oxygens (including phenoxy) is 1. The summed E-state index contributed by atoms with van der Waals surface area (Å²) in [6.45, 7) is 4.94. The molecule has 1 aliphatic heterocycles. The van der Waals surface area contributed by atoms with Crippen LogP contribution in [-0.2, 0) is 10.2 Å². The molecule has 1 heterocycles. The molecule has 0 spiro atoms. The first-order chi connectivity index (χ1) is 17.7. The van der Waals surface area contributed by atoms with Crippen molar-refractivity contribution in [1.29, 1.82) is 0 Å². The number of nitrogens with zero attached hydrogens (tertiary/aromatic N) is 1. The van der Waals surface area contributed by atoms with Crippen LogP contribution in [0.25, 0.3) is 11.1 Å². The molecule has 1 atom stereocenters. The molecule has 1 fully saturated rings. The van der Waals surface area contributed by atoms with Crippen molar-refractivity contribution in [1.82, 2.24) is 4.90 Å². The molecular weight excluding hydrogens is 442 g/mol. The summed E-state index contributed by atoms with van der Waals surface area (Å²) in [5, 5.41) is 0. The highest BCUT2D eigenvalue weighted by Crippen LogP contribution is 2.46. The lowest BCUT2D eigenvalue weighted by Gasteiger charge is -2.30. The number of fused-ring (bicyclic) bond motifs is 3. The Kier molecular flexibility index (Phi) is 5.69. The van der Waals surface area contributed by atoms with Gasteiger partial charge in [-0.3, -0.25) is 0 Å². The fourth-order valence-electron chi connectivity index (χ4n) is 6.13. The highest BCUT2D eigenvalue weighted by atomic mass is 16.6. The average molecular weight is 472 g/mol. The van der Waals surface area contributed by atoms with Gasteiger partial charge >= 0.3 is 6.09 Å². The van der Waals surface area contributed by atoms with Crippen LogP contribution < -0.4 is 0 Å². The van der Waals surface area contributed by atoms with Crippen LogP contribution in [0.2, 0.25) is 0 Å². The Bertz CT molecular complexity index is 1310. The number of amides is 1. The Morgan fingerprint density at radius 3 is 1.83 bits per heavy atom. The smallest absolute Gasteiger partial charge is 0.410 e. The summed E-state index contributed by atoms with van der Waals surface area (Å²) < 4.78 is 6.06. The number of hydrogen-bond donors (Lipinski definition) is 0. The zero-order valence-electron chi connectivity index (χ0n) is 20.2. The molecule has 36 heavy (non-hydrogen) atoms. The lowest BCUT2D eigenvalue weighted by atomic mass is 9.73. The second-order valence-electron chi connectivity index (χ2n) is 9.75. The van der Waals surface area contributed by atoms with Gasteiger partial charge in [0.2, 0.25) is 0 Å². The molecule has 0 aromatic heterocycles. The summed E-state index contributed by atoms with van der Waals surface area (Å²) in [6, 6.07) is 37.7. The lowest BCUT2D eigenvalue weighted by Crippen LogP contribution is -2.38. The van der Waals surface area contributed by atoms with Crippen molar-refractivity contribution < 1.29 is 9.53 Å². The first-order valence-corrected chi connectivity index (χ1v) is 12.6. The van der Waals surface area contributed by atoms with E-state index in [1.807, 2.05) is 23.1 Å². The molecule has 0 radical (unpaired) electrons. The normalized spacial score (nSPS) is 17.9. The monoisotopic (exact) mass is 471 g/mol. The quantitative estimate of drug-likeness (QED) is 0.289. The Balaban J connectivity index is 1.28. The van der Waals surface area contributed by atoms with Crippen molar-refractivity contribution >= 4 is 6.09 Å². The molecule has 3 heteroatoms. The summed E-state index contributed by atoms with van der Waals surface area (Å²) in [6.07, 6.45) is 2.37. The SMILES string of the molecule is C=C[C@@H]1CC(c2ccccc2)(c2ccccc2)CN1C(=O)OCC1c2ccccc2-c2ccccc21. The van der Waals surface area contributed by atoms with Crippen molar-refractivity contribution in [3.05, 3.63) is 144 Å². The van der Waals surface area contributed by atoms with Gasteiger partial charge in [-0.15, -0.1) is 6.58 Å². The van der Waals surface area contributed by atoms with Crippen molar-refractivity contribution in [3.8, 4) is 11.1 Å². The highest BCUT2D eigenvalue weighted by molar-refractivity contribution is 5.79. The minimum atomic E-state index is -0.313. The van der Waals surface area contributed by atoms with E-state index in [-0.39, 0.29) is 23.5 Å². The molecule has 3 nitrogen and oxygen atoms in total. The molecule has 0 saturated carbocycles. The predicted octanol–water partition coefficient (Wildman–Crippen LogP) is 7.18. The highest BCUT2D eigenvalue weighted by Gasteiger charge is 2.47. The van der Waals surface area contributed by atoms with Gasteiger partial charge in [-0.05, 0) is 39.8 Å². The van der Waals surface area contributed by atoms with E-state index >= 15 is 0 Å². The number of rotatable bonds is 5. The van der Waals surface area contributed by atoms with Crippen LogP contribution in [0, 0.1) is 0 Å². The zero-order valence-corrected chi connectivity index (χ0v) is 20.2. The maximum atomic E-state index is 13.6. The molecule has 178 valence electrons. The second kappa shape index (κ2) is 9.16. The first kappa shape index (κ1) is 22.4. The van der Waals surface area contributed by atoms with Gasteiger partial charge in [-0.2, -0.15) is 0 Å². The molecule has 0 bridgehead atoms. The van der Waals surface area contributed by atoms with Gasteiger partial charge in [0, 0.05) is 17.9 Å². The molecule has 4 aromatic carbocycles. The molecule has 0 unspecified atom stereocenters. The third kappa shape index (κ3) is 3.63. The van der Waals surface area contributed by atoms with E-state index in [0.717, 1.165) is 6.42 Å². The van der Waals surface area contributed by atoms with Crippen LogP contribution >= 0.6 is 0 Å². The number of carbonyl (C=O) groups is 1. The van der Waals surface area contributed by atoms with Gasteiger partial charge in [0.05, 0.1) is 6.04 Å². The Morgan fingerprint density at radius 1 is 0.806 bits per heavy atom. The van der Waals surface area contributed by atoms with E-state index in [1.165, 1.54) is 33.4 Å². The molecular formula is C33H29NO2. The van der Waals surface area contributed by atoms with Crippen LogP contribution in [0.5, 0.6) is 0 Å². The van der Waals surface area contributed by atoms with Crippen LogP contribution in [-0.4, -0.2) is 30.2 Å². The molecule has 1 saturated heterocycles. The molecule has 1 amide bonds. The van der Waals surface area contributed by atoms with Gasteiger partial charge in [-0.1, -0.05) is 115 Å². The van der Waals surface area contributed by atoms with Crippen LogP contribution in [0.4, 0.5) is 4.79 Å². The predicted molar refractivity (Wildman–Crippen MR) is 144 cm³/mol. The zero-order chi connectivity index (χ0) is 24.5. The van der Waals surface area contributed by atoms with Crippen LogP contribution in [0.15, 0.2) is 122 Å². The maximum Gasteiger partial charge on any atom is 0.410 e. The molecule has 0 N–H and O–H groups in total. The minimum absolute atomic E-state index is 0.0409. The summed E-state index contributed by atoms with van der Waals surface area (Å²) in [7, 11) is 0. The van der Waals surface area contributed by atoms with Gasteiger partial charge in [-0.25, -0.2) is 4.79 Å². The maximum absolute atomic E-state index is 13.6. The third-order valence-electron chi connectivity index (χ3n) is 7.89. The Hall–Kier alpha value is -4.11. The minimum Gasteiger partial charge on any atom is -0.448 e. The van der Waals surface area contributed by atoms with E-state index < -0.39 is 0 Å². The number of likely N-dealkylation sites (tertiary alicyclic amines) is 1. The van der Waals surface area contributed by atoms with Crippen molar-refractivity contribution in [2.75, 3.05) is 13.2 Å². The standard InChI is InChI=1S/C33H29NO2/c1-2-26-21-33(24-13-5-3-6-14-24,25-15-7-4-8-16-25)23-34(26)32(35)36-22-31-29-19-11-9-17-27(29)28-18-10-12-20-30(28)31/h2-20,26,31H,1,21-23H2/t26-/m1/s1. The number of hydrogen-bond acceptors (Lipinski definition) is 2. The van der Waals surface area contributed by atoms with Crippen LogP contribution in [0.1, 0.15) is 34.6 Å². The fourth-order valence-corrected chi connectivity index (χ4v) is 6.13. The van der Waals surface area contributed by atoms with E-state index in [1.54, 1.807) is 0 Å². The lowest BCUT2D eigenvalue weighted by molar-refractivity contribution is 0.0999. The van der Waals surface area contributed by atoms with E-state index in [9.17, 15) is 4.79 Å². The van der Waals surface area contributed by atoms with Crippen molar-refractivity contribution in [3.63, 3.8) is 0 Å². The number of benzene rings is 4. The Morgan fingerprint density at radius 2 is 1.31 bits per heavy atom. The summed E-state index contributed by atoms with van der Waals surface area (Å²) >= 11 is 0. The molecule has 1 aliphatic carbocycles. The van der Waals surface area contributed by atoms with Crippen LogP contribution in [0.3, 0.4) is 0 Å². The van der Waals surface area contributed by atoms with Gasteiger partial charge < -0.3 is 9.64 Å². The molecule has 2 aliphatic rings. The summed E-state index contributed by atoms with van der Waals surface area (Å²) in [5.41, 5.74) is 6.99. The number of carbonyl (C=O) groups excluding carboxylic acids is 1. The first-order valence-electron chi connectivity index (χ1n) is 12.6. The Labute approximate surface area is 212 Å². The van der Waals surface area contributed by atoms with Gasteiger partial charge in [0.25, 0.3) is 0 Å². The summed E-state index contributed by atoms with van der Waals surface area (Å²) in [4.78, 5) is 15.5. The van der Waals surface area contributed by atoms with Gasteiger partial charge in [0.15, 0.2) is 0 Å². The molecule has 6 rings (SSSR count). The average Bonchev–Trinajstić information content (AvgIpc) is 3.50. The van der Waals surface area contributed by atoms with Gasteiger partial charge in [0.1, 0.15) is 6.61 Å². The second-order valence-corrected chi connectivity index (χ2v) is 9.75. The molecule has 4 aromatic rings. The largest absolute Gasteiger partial charge is 0.448 e. The van der Waals surface area contributed by atoms with Crippen molar-refractivity contribution in [2.24, 2.45) is 0 Å². The summed E-state index contributed by atoms with van der Waals surface area (Å²) in [5.74, 6) is 0.0409. The fraction of sp³-hybridized carbons (Fsp3) is 0.182. The van der Waals surface area contributed by atoms with E-state index in [2.05, 4.69) is 104 Å². The van der Waals surface area contributed by atoms with E-state index in [0.29, 0.717) is 13.2 Å². The van der Waals surface area contributed by atoms with E-state index in [4.69, 9.17) is 4.74 Å². The third-order valence-corrected chi connectivity index (χ3v) is 7.89.